The van der Waals surface area contributed by atoms with Crippen LogP contribution < -0.4 is 10.6 Å². The van der Waals surface area contributed by atoms with Crippen molar-refractivity contribution in [3.63, 3.8) is 0 Å². The first kappa shape index (κ1) is 21.1. The van der Waals surface area contributed by atoms with Crippen molar-refractivity contribution in [1.82, 2.24) is 0 Å². The predicted octanol–water partition coefficient (Wildman–Crippen LogP) is 2.84. The van der Waals surface area contributed by atoms with Crippen LogP contribution in [-0.2, 0) is 9.53 Å². The Morgan fingerprint density at radius 1 is 1.25 bits per heavy atom. The van der Waals surface area contributed by atoms with Crippen molar-refractivity contribution < 1.29 is 24.4 Å². The molecule has 0 heterocycles. The lowest BCUT2D eigenvalue weighted by molar-refractivity contribution is -0.384. The van der Waals surface area contributed by atoms with Crippen LogP contribution in [0.25, 0.3) is 0 Å². The number of non-ortho nitro benzene ring substituents is 1. The van der Waals surface area contributed by atoms with Crippen molar-refractivity contribution in [2.75, 3.05) is 23.8 Å². The number of halogens is 1. The minimum Gasteiger partial charge on any atom is -0.449 e. The van der Waals surface area contributed by atoms with Gasteiger partial charge in [0.2, 0.25) is 0 Å². The molecular weight excluding hydrogens is 390 g/mol. The topological polar surface area (TPSA) is 131 Å². The minimum atomic E-state index is -1.16. The maximum absolute atomic E-state index is 12.5. The quantitative estimate of drug-likeness (QED) is 0.348. The lowest BCUT2D eigenvalue weighted by atomic mass is 10.1. The summed E-state index contributed by atoms with van der Waals surface area (Å²) in [5.74, 6) is -1.49. The molecule has 3 N–H and O–H groups in total. The van der Waals surface area contributed by atoms with Crippen LogP contribution in [0, 0.1) is 10.1 Å². The molecule has 28 heavy (non-hydrogen) atoms. The molecule has 2 aromatic carbocycles. The summed E-state index contributed by atoms with van der Waals surface area (Å²) in [5.41, 5.74) is 0.293. The highest BCUT2D eigenvalue weighted by Crippen LogP contribution is 2.23. The van der Waals surface area contributed by atoms with Gasteiger partial charge >= 0.3 is 5.97 Å². The molecule has 0 radical (unpaired) electrons. The van der Waals surface area contributed by atoms with Crippen LogP contribution in [0.4, 0.5) is 17.1 Å². The number of ether oxygens (including phenoxy) is 1. The van der Waals surface area contributed by atoms with Crippen LogP contribution in [0.2, 0.25) is 5.02 Å². The highest BCUT2D eigenvalue weighted by Gasteiger charge is 2.23. The number of aliphatic hydroxyl groups is 1. The molecule has 0 saturated heterocycles. The van der Waals surface area contributed by atoms with Crippen LogP contribution in [-0.4, -0.2) is 41.2 Å². The Morgan fingerprint density at radius 2 is 1.93 bits per heavy atom. The number of amides is 1. The van der Waals surface area contributed by atoms with E-state index in [1.807, 2.05) is 0 Å². The molecule has 0 aliphatic carbocycles. The fourth-order valence-electron chi connectivity index (χ4n) is 2.21. The molecule has 0 bridgehead atoms. The number of carbonyl (C=O) groups excluding carboxylic acids is 2. The number of hydrogen-bond donors (Lipinski definition) is 3. The van der Waals surface area contributed by atoms with Crippen LogP contribution in [0.15, 0.2) is 42.5 Å². The van der Waals surface area contributed by atoms with Gasteiger partial charge in [-0.25, -0.2) is 4.79 Å². The summed E-state index contributed by atoms with van der Waals surface area (Å²) < 4.78 is 5.15. The van der Waals surface area contributed by atoms with E-state index in [0.717, 1.165) is 6.07 Å². The summed E-state index contributed by atoms with van der Waals surface area (Å²) in [6.07, 6.45) is -1.16. The summed E-state index contributed by atoms with van der Waals surface area (Å²) >= 11 is 5.78. The molecule has 0 aliphatic heterocycles. The number of rotatable bonds is 8. The zero-order valence-corrected chi connectivity index (χ0v) is 15.6. The largest absolute Gasteiger partial charge is 0.449 e. The van der Waals surface area contributed by atoms with Crippen LogP contribution in [0.1, 0.15) is 17.3 Å². The van der Waals surface area contributed by atoms with Crippen molar-refractivity contribution in [2.24, 2.45) is 0 Å². The Labute approximate surface area is 165 Å². The Bertz CT molecular complexity index is 872. The molecule has 0 spiro atoms. The van der Waals surface area contributed by atoms with E-state index in [4.69, 9.17) is 21.4 Å². The van der Waals surface area contributed by atoms with Gasteiger partial charge in [0.25, 0.3) is 11.6 Å². The molecule has 0 fully saturated rings. The fraction of sp³-hybridized carbons (Fsp3) is 0.222. The summed E-state index contributed by atoms with van der Waals surface area (Å²) in [5, 5.41) is 25.8. The monoisotopic (exact) mass is 407 g/mol. The number of aliphatic hydroxyl groups excluding tert-OH is 1. The van der Waals surface area contributed by atoms with E-state index < -0.39 is 22.9 Å². The first-order valence-electron chi connectivity index (χ1n) is 8.22. The predicted molar refractivity (Wildman–Crippen MR) is 104 cm³/mol. The first-order chi connectivity index (χ1) is 13.3. The van der Waals surface area contributed by atoms with E-state index in [1.54, 1.807) is 24.3 Å². The maximum Gasteiger partial charge on any atom is 0.341 e. The maximum atomic E-state index is 12.5. The van der Waals surface area contributed by atoms with Gasteiger partial charge in [-0.3, -0.25) is 14.9 Å². The second-order valence-electron chi connectivity index (χ2n) is 5.68. The Hall–Kier alpha value is -3.17. The molecule has 0 saturated carbocycles. The lowest BCUT2D eigenvalue weighted by Gasteiger charge is -2.15. The zero-order chi connectivity index (χ0) is 20.7. The minimum absolute atomic E-state index is 0.117. The molecular formula is C18H18ClN3O6. The average Bonchev–Trinajstić information content (AvgIpc) is 2.67. The van der Waals surface area contributed by atoms with Gasteiger partial charge in [-0.1, -0.05) is 11.6 Å². The molecule has 10 heteroatoms. The zero-order valence-electron chi connectivity index (χ0n) is 14.8. The third-order valence-corrected chi connectivity index (χ3v) is 3.88. The number of nitrogens with zero attached hydrogens (tertiary/aromatic N) is 1. The number of esters is 1. The Balaban J connectivity index is 2.13. The molecule has 0 aliphatic rings. The number of carbonyl (C=O) groups is 2. The number of nitrogens with one attached hydrogen (secondary N) is 2. The second kappa shape index (κ2) is 9.67. The molecule has 0 unspecified atom stereocenters. The van der Waals surface area contributed by atoms with Gasteiger partial charge in [0.1, 0.15) is 0 Å². The normalized spacial score (nSPS) is 11.4. The van der Waals surface area contributed by atoms with Crippen molar-refractivity contribution in [3.05, 3.63) is 63.2 Å². The van der Waals surface area contributed by atoms with Crippen LogP contribution in [0.5, 0.6) is 0 Å². The van der Waals surface area contributed by atoms with Gasteiger partial charge in [-0.05, 0) is 37.3 Å². The fourth-order valence-corrected chi connectivity index (χ4v) is 2.34. The average molecular weight is 408 g/mol. The molecule has 9 nitrogen and oxygen atoms in total. The van der Waals surface area contributed by atoms with Gasteiger partial charge in [-0.15, -0.1) is 0 Å². The van der Waals surface area contributed by atoms with Crippen LogP contribution >= 0.6 is 11.6 Å². The lowest BCUT2D eigenvalue weighted by Crippen LogP contribution is -2.30. The number of benzene rings is 2. The molecule has 0 aromatic heterocycles. The third-order valence-electron chi connectivity index (χ3n) is 3.63. The number of hydrogen-bond acceptors (Lipinski definition) is 7. The molecule has 2 aromatic rings. The van der Waals surface area contributed by atoms with Crippen molar-refractivity contribution >= 4 is 40.5 Å². The Kier molecular flexibility index (Phi) is 7.30. The first-order valence-corrected chi connectivity index (χ1v) is 8.60. The van der Waals surface area contributed by atoms with Gasteiger partial charge in [0.05, 0.1) is 17.1 Å². The van der Waals surface area contributed by atoms with Crippen LogP contribution in [0.3, 0.4) is 0 Å². The number of anilines is 2. The standard InChI is InChI=1S/C18H18ClN3O6/c1-11(17(24)21-13-4-2-12(19)3-5-13)28-18(25)15-10-14(22(26)27)6-7-16(15)20-8-9-23/h2-7,10-11,20,23H,8-9H2,1H3,(H,21,24)/t11-/m1/s1. The van der Waals surface area contributed by atoms with E-state index >= 15 is 0 Å². The summed E-state index contributed by atoms with van der Waals surface area (Å²) in [6.45, 7) is 1.30. The van der Waals surface area contributed by atoms with E-state index in [2.05, 4.69) is 10.6 Å². The smallest absolute Gasteiger partial charge is 0.341 e. The third kappa shape index (κ3) is 5.66. The molecule has 148 valence electrons. The van der Waals surface area contributed by atoms with Gasteiger partial charge in [0.15, 0.2) is 6.10 Å². The summed E-state index contributed by atoms with van der Waals surface area (Å²) in [4.78, 5) is 35.0. The number of nitro benzene ring substituents is 1. The highest BCUT2D eigenvalue weighted by atomic mass is 35.5. The highest BCUT2D eigenvalue weighted by molar-refractivity contribution is 6.30. The van der Waals surface area contributed by atoms with Gasteiger partial charge in [-0.2, -0.15) is 0 Å². The van der Waals surface area contributed by atoms with E-state index in [0.29, 0.717) is 10.7 Å². The van der Waals surface area contributed by atoms with E-state index in [1.165, 1.54) is 19.1 Å². The second-order valence-corrected chi connectivity index (χ2v) is 6.12. The van der Waals surface area contributed by atoms with Gasteiger partial charge in [0, 0.05) is 35.1 Å². The molecule has 1 atom stereocenters. The Morgan fingerprint density at radius 3 is 2.54 bits per heavy atom. The van der Waals surface area contributed by atoms with E-state index in [-0.39, 0.29) is 30.1 Å². The number of nitro groups is 1. The van der Waals surface area contributed by atoms with Crippen molar-refractivity contribution in [2.45, 2.75) is 13.0 Å². The van der Waals surface area contributed by atoms with Crippen molar-refractivity contribution in [3.8, 4) is 0 Å². The molecule has 2 rings (SSSR count). The van der Waals surface area contributed by atoms with E-state index in [9.17, 15) is 19.7 Å². The summed E-state index contributed by atoms with van der Waals surface area (Å²) in [7, 11) is 0. The van der Waals surface area contributed by atoms with Crippen molar-refractivity contribution in [1.29, 1.82) is 0 Å². The molecule has 1 amide bonds. The summed E-state index contributed by atoms with van der Waals surface area (Å²) in [6, 6.07) is 9.96. The SMILES string of the molecule is C[C@@H](OC(=O)c1cc([N+](=O)[O-])ccc1NCCO)C(=O)Nc1ccc(Cl)cc1. The van der Waals surface area contributed by atoms with Gasteiger partial charge < -0.3 is 20.5 Å².